The molecule has 2 atom stereocenters. The molecule has 1 aromatic carbocycles. The highest BCUT2D eigenvalue weighted by Gasteiger charge is 2.44. The van der Waals surface area contributed by atoms with E-state index in [-0.39, 0.29) is 6.61 Å². The van der Waals surface area contributed by atoms with Crippen molar-refractivity contribution in [3.8, 4) is 0 Å². The van der Waals surface area contributed by atoms with Crippen LogP contribution in [0, 0.1) is 0 Å². The molecule has 0 bridgehead atoms. The summed E-state index contributed by atoms with van der Waals surface area (Å²) in [5, 5.41) is 0. The van der Waals surface area contributed by atoms with Gasteiger partial charge >= 0.3 is 13.6 Å². The lowest BCUT2D eigenvalue weighted by Crippen LogP contribution is -2.03. The number of hydrogen-bond acceptors (Lipinski definition) is 4. The Bertz CT molecular complexity index is 515. The molecule has 1 aliphatic rings. The Morgan fingerprint density at radius 3 is 2.94 bits per heavy atom. The fraction of sp³-hybridized carbons (Fsp3) is 0.300. The lowest BCUT2D eigenvalue weighted by atomic mass is 10.1. The van der Waals surface area contributed by atoms with E-state index in [1.54, 1.807) is 25.1 Å². The van der Waals surface area contributed by atoms with E-state index < -0.39 is 19.4 Å². The van der Waals surface area contributed by atoms with Crippen molar-refractivity contribution in [1.82, 2.24) is 0 Å². The predicted octanol–water partition coefficient (Wildman–Crippen LogP) is 2.84. The molecule has 0 fully saturated rings. The van der Waals surface area contributed by atoms with Crippen LogP contribution in [0.15, 0.2) is 22.7 Å². The van der Waals surface area contributed by atoms with E-state index in [4.69, 9.17) is 9.26 Å². The van der Waals surface area contributed by atoms with Crippen LogP contribution in [0.25, 0.3) is 0 Å². The van der Waals surface area contributed by atoms with Crippen molar-refractivity contribution < 1.29 is 23.5 Å². The third-order valence-corrected chi connectivity index (χ3v) is 4.43. The second-order valence-corrected chi connectivity index (χ2v) is 6.24. The van der Waals surface area contributed by atoms with E-state index in [0.717, 1.165) is 0 Å². The maximum Gasteiger partial charge on any atom is 0.373 e. The fourth-order valence-electron chi connectivity index (χ4n) is 1.65. The smallest absolute Gasteiger partial charge is 0.373 e. The van der Waals surface area contributed by atoms with E-state index >= 15 is 0 Å². The average Bonchev–Trinajstić information content (AvgIpc) is 2.56. The molecule has 0 radical (unpaired) electrons. The van der Waals surface area contributed by atoms with Crippen molar-refractivity contribution >= 4 is 29.5 Å². The van der Waals surface area contributed by atoms with Crippen LogP contribution in [0.5, 0.6) is 0 Å². The van der Waals surface area contributed by atoms with Gasteiger partial charge in [-0.1, -0.05) is 15.9 Å². The quantitative estimate of drug-likeness (QED) is 0.684. The standard InChI is InChI=1S/C10H10BrO5P/c1-2-15-17(13,14)10-8-5-6(11)3-4-7(8)9(12)16-10/h3-5,10H,2H2,1H3,(H,13,14). The molecule has 1 aromatic rings. The Kier molecular flexibility index (Phi) is 3.41. The van der Waals surface area contributed by atoms with Gasteiger partial charge in [0.15, 0.2) is 0 Å². The minimum absolute atomic E-state index is 0.0746. The van der Waals surface area contributed by atoms with Crippen LogP contribution in [0.2, 0.25) is 0 Å². The molecule has 2 unspecified atom stereocenters. The van der Waals surface area contributed by atoms with Gasteiger partial charge in [0.25, 0.3) is 0 Å². The maximum absolute atomic E-state index is 11.9. The minimum atomic E-state index is -3.99. The summed E-state index contributed by atoms with van der Waals surface area (Å²) in [5.74, 6) is -1.84. The first-order valence-electron chi connectivity index (χ1n) is 4.93. The van der Waals surface area contributed by atoms with Gasteiger partial charge in [0, 0.05) is 10.0 Å². The number of carbonyl (C=O) groups excluding carboxylic acids is 1. The Labute approximate surface area is 106 Å². The van der Waals surface area contributed by atoms with Gasteiger partial charge in [0.1, 0.15) is 0 Å². The zero-order valence-electron chi connectivity index (χ0n) is 8.92. The Morgan fingerprint density at radius 2 is 2.29 bits per heavy atom. The first-order valence-corrected chi connectivity index (χ1v) is 7.37. The number of halogens is 1. The zero-order valence-corrected chi connectivity index (χ0v) is 11.4. The van der Waals surface area contributed by atoms with Gasteiger partial charge in [-0.15, -0.1) is 0 Å². The predicted molar refractivity (Wildman–Crippen MR) is 63.7 cm³/mol. The molecular weight excluding hydrogens is 311 g/mol. The SMILES string of the molecule is CCOP(=O)(O)C1OC(=O)c2ccc(Br)cc21. The van der Waals surface area contributed by atoms with Crippen LogP contribution in [0.3, 0.4) is 0 Å². The van der Waals surface area contributed by atoms with Crippen LogP contribution < -0.4 is 0 Å². The summed E-state index contributed by atoms with van der Waals surface area (Å²) in [5.41, 5.74) is 0.677. The number of fused-ring (bicyclic) bond motifs is 1. The molecule has 1 aliphatic heterocycles. The summed E-state index contributed by atoms with van der Waals surface area (Å²) in [6, 6.07) is 4.81. The fourth-order valence-corrected chi connectivity index (χ4v) is 3.33. The molecule has 0 saturated carbocycles. The molecule has 92 valence electrons. The van der Waals surface area contributed by atoms with Crippen LogP contribution in [-0.4, -0.2) is 17.5 Å². The van der Waals surface area contributed by atoms with Crippen molar-refractivity contribution in [3.63, 3.8) is 0 Å². The molecule has 1 N–H and O–H groups in total. The summed E-state index contributed by atoms with van der Waals surface area (Å²) in [6.07, 6.45) is 0. The third-order valence-electron chi connectivity index (χ3n) is 2.33. The van der Waals surface area contributed by atoms with E-state index in [1.807, 2.05) is 0 Å². The van der Waals surface area contributed by atoms with Crippen LogP contribution in [0.1, 0.15) is 28.7 Å². The van der Waals surface area contributed by atoms with Crippen molar-refractivity contribution in [2.45, 2.75) is 12.8 Å². The first kappa shape index (κ1) is 12.8. The highest BCUT2D eigenvalue weighted by atomic mass is 79.9. The van der Waals surface area contributed by atoms with E-state index in [0.29, 0.717) is 15.6 Å². The van der Waals surface area contributed by atoms with E-state index in [2.05, 4.69) is 15.9 Å². The van der Waals surface area contributed by atoms with Crippen LogP contribution >= 0.6 is 23.5 Å². The van der Waals surface area contributed by atoms with Crippen molar-refractivity contribution in [3.05, 3.63) is 33.8 Å². The molecular formula is C10H10BrO5P. The largest absolute Gasteiger partial charge is 0.441 e. The number of benzene rings is 1. The molecule has 7 heteroatoms. The molecule has 0 amide bonds. The zero-order chi connectivity index (χ0) is 12.6. The molecule has 0 aliphatic carbocycles. The van der Waals surface area contributed by atoms with Crippen LogP contribution in [-0.2, 0) is 13.8 Å². The molecule has 17 heavy (non-hydrogen) atoms. The average molecular weight is 321 g/mol. The Morgan fingerprint density at radius 1 is 1.59 bits per heavy atom. The first-order chi connectivity index (χ1) is 7.95. The number of esters is 1. The Hall–Kier alpha value is -0.680. The normalized spacial score (nSPS) is 21.8. The number of rotatable bonds is 3. The second-order valence-electron chi connectivity index (χ2n) is 3.47. The lowest BCUT2D eigenvalue weighted by molar-refractivity contribution is 0.0458. The minimum Gasteiger partial charge on any atom is -0.441 e. The van der Waals surface area contributed by atoms with Crippen LogP contribution in [0.4, 0.5) is 0 Å². The lowest BCUT2D eigenvalue weighted by Gasteiger charge is -2.17. The van der Waals surface area contributed by atoms with Gasteiger partial charge in [-0.05, 0) is 25.1 Å². The topological polar surface area (TPSA) is 72.8 Å². The number of ether oxygens (including phenoxy) is 1. The Balaban J connectivity index is 2.46. The number of hydrogen-bond donors (Lipinski definition) is 1. The molecule has 0 saturated heterocycles. The molecule has 5 nitrogen and oxygen atoms in total. The summed E-state index contributed by atoms with van der Waals surface area (Å²) in [4.78, 5) is 21.2. The third kappa shape index (κ3) is 2.31. The van der Waals surface area contributed by atoms with Gasteiger partial charge in [-0.2, -0.15) is 0 Å². The summed E-state index contributed by atoms with van der Waals surface area (Å²) in [7, 11) is -3.99. The molecule has 2 rings (SSSR count). The van der Waals surface area contributed by atoms with Gasteiger partial charge in [-0.3, -0.25) is 4.57 Å². The highest BCUT2D eigenvalue weighted by molar-refractivity contribution is 9.10. The molecule has 1 heterocycles. The maximum atomic E-state index is 11.9. The number of carbonyl (C=O) groups is 1. The monoisotopic (exact) mass is 320 g/mol. The van der Waals surface area contributed by atoms with Crippen molar-refractivity contribution in [2.75, 3.05) is 6.61 Å². The van der Waals surface area contributed by atoms with Gasteiger partial charge < -0.3 is 14.2 Å². The van der Waals surface area contributed by atoms with E-state index in [1.165, 1.54) is 0 Å². The highest BCUT2D eigenvalue weighted by Crippen LogP contribution is 2.60. The van der Waals surface area contributed by atoms with Gasteiger partial charge in [-0.25, -0.2) is 4.79 Å². The molecule has 0 spiro atoms. The van der Waals surface area contributed by atoms with Gasteiger partial charge in [0.2, 0.25) is 5.85 Å². The summed E-state index contributed by atoms with van der Waals surface area (Å²) in [6.45, 7) is 1.67. The number of cyclic esters (lactones) is 1. The van der Waals surface area contributed by atoms with Crippen molar-refractivity contribution in [2.24, 2.45) is 0 Å². The summed E-state index contributed by atoms with van der Waals surface area (Å²) < 4.78 is 22.3. The summed E-state index contributed by atoms with van der Waals surface area (Å²) >= 11 is 3.24. The molecule has 0 aromatic heterocycles. The van der Waals surface area contributed by atoms with E-state index in [9.17, 15) is 14.3 Å². The van der Waals surface area contributed by atoms with Crippen molar-refractivity contribution in [1.29, 1.82) is 0 Å². The van der Waals surface area contributed by atoms with Gasteiger partial charge in [0.05, 0.1) is 12.2 Å². The second kappa shape index (κ2) is 4.53.